The number of amides is 1. The smallest absolute Gasteiger partial charge is 0.289 e. The van der Waals surface area contributed by atoms with Gasteiger partial charge in [-0.1, -0.05) is 24.0 Å². The van der Waals surface area contributed by atoms with Crippen molar-refractivity contribution in [2.45, 2.75) is 0 Å². The number of carbonyl (C=O) groups excluding carboxylic acids is 1. The van der Waals surface area contributed by atoms with E-state index in [0.717, 1.165) is 24.2 Å². The molecule has 5 nitrogen and oxygen atoms in total. The van der Waals surface area contributed by atoms with Gasteiger partial charge in [-0.3, -0.25) is 4.79 Å². The first-order valence-electron chi connectivity index (χ1n) is 7.67. The van der Waals surface area contributed by atoms with Crippen molar-refractivity contribution in [1.82, 2.24) is 10.2 Å². The van der Waals surface area contributed by atoms with Gasteiger partial charge in [0.25, 0.3) is 5.91 Å². The minimum atomic E-state index is -0.0526. The van der Waals surface area contributed by atoms with Gasteiger partial charge in [-0.15, -0.1) is 0 Å². The summed E-state index contributed by atoms with van der Waals surface area (Å²) in [5.74, 6) is 6.81. The summed E-state index contributed by atoms with van der Waals surface area (Å²) in [5.41, 5.74) is 7.19. The molecule has 1 amide bonds. The van der Waals surface area contributed by atoms with E-state index in [4.69, 9.17) is 10.2 Å². The molecule has 5 heteroatoms. The number of nitrogens with one attached hydrogen (secondary N) is 1. The Balaban J connectivity index is 1.74. The van der Waals surface area contributed by atoms with E-state index in [9.17, 15) is 4.79 Å². The van der Waals surface area contributed by atoms with Crippen LogP contribution in [0.25, 0.3) is 11.3 Å². The largest absolute Gasteiger partial charge is 0.451 e. The van der Waals surface area contributed by atoms with Crippen LogP contribution in [0.15, 0.2) is 40.8 Å². The van der Waals surface area contributed by atoms with Crippen LogP contribution in [0, 0.1) is 11.8 Å². The molecular weight excluding hydrogens is 290 g/mol. The van der Waals surface area contributed by atoms with Crippen molar-refractivity contribution in [3.05, 3.63) is 47.7 Å². The zero-order chi connectivity index (χ0) is 16.1. The van der Waals surface area contributed by atoms with Gasteiger partial charge in [0.05, 0.1) is 6.54 Å². The molecule has 0 aliphatic carbocycles. The van der Waals surface area contributed by atoms with Gasteiger partial charge >= 0.3 is 0 Å². The lowest BCUT2D eigenvalue weighted by atomic mass is 10.1. The van der Waals surface area contributed by atoms with Crippen molar-refractivity contribution in [2.75, 3.05) is 32.7 Å². The van der Waals surface area contributed by atoms with E-state index in [1.165, 1.54) is 0 Å². The number of benzene rings is 1. The van der Waals surface area contributed by atoms with Gasteiger partial charge < -0.3 is 20.4 Å². The van der Waals surface area contributed by atoms with Crippen molar-refractivity contribution in [2.24, 2.45) is 5.73 Å². The van der Waals surface area contributed by atoms with Crippen LogP contribution in [0.2, 0.25) is 0 Å². The maximum absolute atomic E-state index is 12.4. The van der Waals surface area contributed by atoms with E-state index < -0.39 is 0 Å². The molecule has 0 unspecified atom stereocenters. The molecule has 1 aliphatic heterocycles. The summed E-state index contributed by atoms with van der Waals surface area (Å²) < 4.78 is 5.74. The first-order valence-corrected chi connectivity index (χ1v) is 7.67. The zero-order valence-corrected chi connectivity index (χ0v) is 12.8. The van der Waals surface area contributed by atoms with Gasteiger partial charge in [0.15, 0.2) is 5.76 Å². The van der Waals surface area contributed by atoms with Crippen LogP contribution in [-0.2, 0) is 0 Å². The summed E-state index contributed by atoms with van der Waals surface area (Å²) >= 11 is 0. The van der Waals surface area contributed by atoms with Crippen molar-refractivity contribution in [3.8, 4) is 23.2 Å². The summed E-state index contributed by atoms with van der Waals surface area (Å²) in [5, 5.41) is 3.23. The lowest BCUT2D eigenvalue weighted by Gasteiger charge is -2.26. The monoisotopic (exact) mass is 309 g/mol. The SMILES string of the molecule is NCC#Cc1ccc(-c2ccc(C(=O)N3CCNCC3)o2)cc1. The Hall–Kier alpha value is -2.55. The molecule has 0 spiro atoms. The molecule has 0 radical (unpaired) electrons. The van der Waals surface area contributed by atoms with Crippen LogP contribution in [-0.4, -0.2) is 43.5 Å². The first-order chi connectivity index (χ1) is 11.3. The van der Waals surface area contributed by atoms with E-state index in [1.54, 1.807) is 6.07 Å². The Morgan fingerprint density at radius 2 is 1.91 bits per heavy atom. The number of nitrogens with two attached hydrogens (primary N) is 1. The first kappa shape index (κ1) is 15.3. The van der Waals surface area contributed by atoms with Crippen LogP contribution >= 0.6 is 0 Å². The highest BCUT2D eigenvalue weighted by atomic mass is 16.4. The van der Waals surface area contributed by atoms with E-state index in [0.29, 0.717) is 31.2 Å². The summed E-state index contributed by atoms with van der Waals surface area (Å²) in [6.07, 6.45) is 0. The van der Waals surface area contributed by atoms with E-state index in [1.807, 2.05) is 35.2 Å². The summed E-state index contributed by atoms with van der Waals surface area (Å²) in [6, 6.07) is 11.3. The predicted molar refractivity (Wildman–Crippen MR) is 88.8 cm³/mol. The summed E-state index contributed by atoms with van der Waals surface area (Å²) in [6.45, 7) is 3.42. The normalized spacial score (nSPS) is 14.2. The third kappa shape index (κ3) is 3.62. The second-order valence-corrected chi connectivity index (χ2v) is 5.29. The molecule has 0 saturated carbocycles. The number of piperazine rings is 1. The molecule has 0 bridgehead atoms. The fourth-order valence-corrected chi connectivity index (χ4v) is 2.50. The summed E-state index contributed by atoms with van der Waals surface area (Å²) in [7, 11) is 0. The molecule has 23 heavy (non-hydrogen) atoms. The lowest BCUT2D eigenvalue weighted by Crippen LogP contribution is -2.46. The number of nitrogens with zero attached hydrogens (tertiary/aromatic N) is 1. The Morgan fingerprint density at radius 3 is 2.61 bits per heavy atom. The molecule has 0 atom stereocenters. The second kappa shape index (κ2) is 7.14. The molecule has 1 aromatic heterocycles. The maximum atomic E-state index is 12.4. The van der Waals surface area contributed by atoms with Crippen molar-refractivity contribution < 1.29 is 9.21 Å². The van der Waals surface area contributed by atoms with Crippen LogP contribution in [0.5, 0.6) is 0 Å². The topological polar surface area (TPSA) is 71.5 Å². The van der Waals surface area contributed by atoms with Gasteiger partial charge in [0.1, 0.15) is 5.76 Å². The zero-order valence-electron chi connectivity index (χ0n) is 12.8. The quantitative estimate of drug-likeness (QED) is 0.820. The fraction of sp³-hybridized carbons (Fsp3) is 0.278. The van der Waals surface area contributed by atoms with Gasteiger partial charge in [-0.2, -0.15) is 0 Å². The molecule has 3 rings (SSSR count). The number of rotatable bonds is 2. The van der Waals surface area contributed by atoms with E-state index in [-0.39, 0.29) is 5.91 Å². The Labute approximate surface area is 135 Å². The van der Waals surface area contributed by atoms with Gasteiger partial charge in [-0.25, -0.2) is 0 Å². The molecule has 1 aliphatic rings. The van der Waals surface area contributed by atoms with Crippen molar-refractivity contribution in [3.63, 3.8) is 0 Å². The Kier molecular flexibility index (Phi) is 4.77. The second-order valence-electron chi connectivity index (χ2n) is 5.29. The third-order valence-corrected chi connectivity index (χ3v) is 3.73. The van der Waals surface area contributed by atoms with Crippen molar-refractivity contribution >= 4 is 5.91 Å². The van der Waals surface area contributed by atoms with Gasteiger partial charge in [0, 0.05) is 37.3 Å². The van der Waals surface area contributed by atoms with Crippen LogP contribution in [0.4, 0.5) is 0 Å². The van der Waals surface area contributed by atoms with Crippen LogP contribution in [0.3, 0.4) is 0 Å². The molecule has 1 fully saturated rings. The van der Waals surface area contributed by atoms with E-state index >= 15 is 0 Å². The minimum Gasteiger partial charge on any atom is -0.451 e. The summed E-state index contributed by atoms with van der Waals surface area (Å²) in [4.78, 5) is 14.2. The van der Waals surface area contributed by atoms with Crippen LogP contribution < -0.4 is 11.1 Å². The Morgan fingerprint density at radius 1 is 1.17 bits per heavy atom. The number of furan rings is 1. The Bertz CT molecular complexity index is 732. The average molecular weight is 309 g/mol. The highest BCUT2D eigenvalue weighted by molar-refractivity contribution is 5.92. The van der Waals surface area contributed by atoms with Crippen LogP contribution in [0.1, 0.15) is 16.1 Å². The highest BCUT2D eigenvalue weighted by Gasteiger charge is 2.21. The lowest BCUT2D eigenvalue weighted by molar-refractivity contribution is 0.0704. The molecule has 1 aromatic carbocycles. The number of carbonyl (C=O) groups is 1. The number of hydrogen-bond acceptors (Lipinski definition) is 4. The molecule has 2 heterocycles. The standard InChI is InChI=1S/C18H19N3O2/c19-9-1-2-14-3-5-15(6-4-14)16-7-8-17(23-16)18(22)21-12-10-20-11-13-21/h3-8,20H,9-13,19H2. The molecule has 3 N–H and O–H groups in total. The molecular formula is C18H19N3O2. The van der Waals surface area contributed by atoms with Gasteiger partial charge in [-0.05, 0) is 24.3 Å². The average Bonchev–Trinajstić information content (AvgIpc) is 3.10. The number of hydrogen-bond donors (Lipinski definition) is 2. The third-order valence-electron chi connectivity index (χ3n) is 3.73. The molecule has 1 saturated heterocycles. The van der Waals surface area contributed by atoms with Gasteiger partial charge in [0.2, 0.25) is 0 Å². The van der Waals surface area contributed by atoms with Crippen molar-refractivity contribution in [1.29, 1.82) is 0 Å². The molecule has 2 aromatic rings. The maximum Gasteiger partial charge on any atom is 0.289 e. The minimum absolute atomic E-state index is 0.0526. The predicted octanol–water partition coefficient (Wildman–Crippen LogP) is 1.30. The highest BCUT2D eigenvalue weighted by Crippen LogP contribution is 2.23. The fourth-order valence-electron chi connectivity index (χ4n) is 2.50. The van der Waals surface area contributed by atoms with E-state index in [2.05, 4.69) is 17.2 Å². The molecule has 118 valence electrons.